The van der Waals surface area contributed by atoms with Gasteiger partial charge >= 0.3 is 8.80 Å². The molecule has 0 bridgehead atoms. The molecule has 5 heteroatoms. The molecule has 2 atom stereocenters. The van der Waals surface area contributed by atoms with Gasteiger partial charge in [0.15, 0.2) is 0 Å². The summed E-state index contributed by atoms with van der Waals surface area (Å²) < 4.78 is 16.4. The molecule has 0 aliphatic heterocycles. The van der Waals surface area contributed by atoms with Crippen molar-refractivity contribution in [2.45, 2.75) is 38.8 Å². The van der Waals surface area contributed by atoms with Crippen LogP contribution in [0.25, 0.3) is 0 Å². The SMILES string of the molecule is CO[Si](CC1CC(C)C(O)C(C)C1)(OC)OC. The van der Waals surface area contributed by atoms with Gasteiger partial charge in [-0.05, 0) is 30.6 Å². The van der Waals surface area contributed by atoms with E-state index in [2.05, 4.69) is 13.8 Å². The van der Waals surface area contributed by atoms with Crippen LogP contribution in [0.3, 0.4) is 0 Å². The van der Waals surface area contributed by atoms with Gasteiger partial charge in [0.2, 0.25) is 0 Å². The van der Waals surface area contributed by atoms with Gasteiger partial charge in [0.1, 0.15) is 0 Å². The van der Waals surface area contributed by atoms with Crippen molar-refractivity contribution in [2.75, 3.05) is 21.3 Å². The van der Waals surface area contributed by atoms with E-state index < -0.39 is 8.80 Å². The first kappa shape index (κ1) is 15.1. The van der Waals surface area contributed by atoms with Gasteiger partial charge < -0.3 is 18.4 Å². The Morgan fingerprint density at radius 2 is 1.41 bits per heavy atom. The van der Waals surface area contributed by atoms with Crippen molar-refractivity contribution in [1.29, 1.82) is 0 Å². The van der Waals surface area contributed by atoms with E-state index in [9.17, 15) is 5.11 Å². The quantitative estimate of drug-likeness (QED) is 0.769. The first-order valence-corrected chi connectivity index (χ1v) is 8.24. The van der Waals surface area contributed by atoms with Crippen LogP contribution in [0.1, 0.15) is 26.7 Å². The Labute approximate surface area is 106 Å². The summed E-state index contributed by atoms with van der Waals surface area (Å²) in [5, 5.41) is 9.95. The van der Waals surface area contributed by atoms with Gasteiger partial charge in [-0.1, -0.05) is 13.8 Å². The first-order valence-electron chi connectivity index (χ1n) is 6.31. The van der Waals surface area contributed by atoms with E-state index in [1.807, 2.05) is 0 Å². The van der Waals surface area contributed by atoms with Crippen molar-refractivity contribution < 1.29 is 18.4 Å². The third kappa shape index (κ3) is 3.51. The van der Waals surface area contributed by atoms with E-state index in [0.717, 1.165) is 18.9 Å². The zero-order valence-corrected chi connectivity index (χ0v) is 12.6. The molecule has 0 aromatic carbocycles. The normalized spacial score (nSPS) is 34.9. The van der Waals surface area contributed by atoms with Crippen LogP contribution in [-0.2, 0) is 13.3 Å². The number of aliphatic hydroxyl groups is 1. The van der Waals surface area contributed by atoms with Gasteiger partial charge in [0, 0.05) is 27.4 Å². The minimum atomic E-state index is -2.47. The second kappa shape index (κ2) is 6.29. The monoisotopic (exact) mass is 262 g/mol. The highest BCUT2D eigenvalue weighted by molar-refractivity contribution is 6.60. The highest BCUT2D eigenvalue weighted by Gasteiger charge is 2.43. The maximum atomic E-state index is 9.95. The fourth-order valence-corrected chi connectivity index (χ4v) is 5.05. The molecule has 0 aromatic rings. The lowest BCUT2D eigenvalue weighted by atomic mass is 9.75. The molecule has 0 saturated heterocycles. The highest BCUT2D eigenvalue weighted by Crippen LogP contribution is 2.37. The molecule has 1 saturated carbocycles. The van der Waals surface area contributed by atoms with Gasteiger partial charge in [-0.15, -0.1) is 0 Å². The van der Waals surface area contributed by atoms with Crippen molar-refractivity contribution in [3.8, 4) is 0 Å². The van der Waals surface area contributed by atoms with Crippen LogP contribution in [0.15, 0.2) is 0 Å². The average Bonchev–Trinajstić information content (AvgIpc) is 2.33. The van der Waals surface area contributed by atoms with E-state index in [4.69, 9.17) is 13.3 Å². The van der Waals surface area contributed by atoms with E-state index >= 15 is 0 Å². The maximum absolute atomic E-state index is 9.95. The molecule has 1 aliphatic carbocycles. The Bertz CT molecular complexity index is 212. The second-order valence-corrected chi connectivity index (χ2v) is 8.28. The summed E-state index contributed by atoms with van der Waals surface area (Å²) in [5.41, 5.74) is 0. The first-order chi connectivity index (χ1) is 7.98. The molecular weight excluding hydrogens is 236 g/mol. The summed E-state index contributed by atoms with van der Waals surface area (Å²) in [7, 11) is 2.50. The topological polar surface area (TPSA) is 47.9 Å². The predicted octanol–water partition coefficient (Wildman–Crippen LogP) is 1.91. The number of rotatable bonds is 5. The molecule has 102 valence electrons. The van der Waals surface area contributed by atoms with E-state index in [-0.39, 0.29) is 6.10 Å². The molecule has 1 rings (SSSR count). The molecule has 0 radical (unpaired) electrons. The van der Waals surface area contributed by atoms with E-state index in [0.29, 0.717) is 17.8 Å². The predicted molar refractivity (Wildman–Crippen MR) is 68.6 cm³/mol. The minimum absolute atomic E-state index is 0.171. The van der Waals surface area contributed by atoms with Crippen molar-refractivity contribution >= 4 is 8.80 Å². The summed E-state index contributed by atoms with van der Waals surface area (Å²) >= 11 is 0. The Hall–Kier alpha value is 0.0569. The fraction of sp³-hybridized carbons (Fsp3) is 1.00. The Morgan fingerprint density at radius 1 is 1.00 bits per heavy atom. The molecule has 4 nitrogen and oxygen atoms in total. The van der Waals surface area contributed by atoms with Gasteiger partial charge in [-0.2, -0.15) is 0 Å². The lowest BCUT2D eigenvalue weighted by Gasteiger charge is -2.38. The molecule has 2 unspecified atom stereocenters. The van der Waals surface area contributed by atoms with Gasteiger partial charge in [0.25, 0.3) is 0 Å². The average molecular weight is 262 g/mol. The molecule has 1 aliphatic rings. The second-order valence-electron chi connectivity index (χ2n) is 5.28. The largest absolute Gasteiger partial charge is 0.500 e. The molecule has 0 amide bonds. The van der Waals surface area contributed by atoms with Crippen molar-refractivity contribution in [1.82, 2.24) is 0 Å². The fourth-order valence-electron chi connectivity index (χ4n) is 3.01. The lowest BCUT2D eigenvalue weighted by Crippen LogP contribution is -2.46. The standard InChI is InChI=1S/C12H26O4Si/c1-9-6-11(7-10(2)12(9)13)8-17(14-3,15-4)16-5/h9-13H,6-8H2,1-5H3. The summed E-state index contributed by atoms with van der Waals surface area (Å²) in [6, 6.07) is 0.845. The molecular formula is C12H26O4Si. The highest BCUT2D eigenvalue weighted by atomic mass is 28.4. The summed E-state index contributed by atoms with van der Waals surface area (Å²) in [6.07, 6.45) is 1.88. The van der Waals surface area contributed by atoms with Crippen LogP contribution in [0.5, 0.6) is 0 Å². The number of aliphatic hydroxyl groups excluding tert-OH is 1. The van der Waals surface area contributed by atoms with Crippen LogP contribution in [-0.4, -0.2) is 41.3 Å². The van der Waals surface area contributed by atoms with E-state index in [1.165, 1.54) is 0 Å². The van der Waals surface area contributed by atoms with Crippen LogP contribution >= 0.6 is 0 Å². The van der Waals surface area contributed by atoms with Crippen LogP contribution in [0, 0.1) is 17.8 Å². The van der Waals surface area contributed by atoms with Gasteiger partial charge in [-0.3, -0.25) is 0 Å². The number of hydrogen-bond acceptors (Lipinski definition) is 4. The summed E-state index contributed by atoms with van der Waals surface area (Å²) in [6.45, 7) is 4.23. The van der Waals surface area contributed by atoms with Gasteiger partial charge in [0.05, 0.1) is 6.10 Å². The summed E-state index contributed by atoms with van der Waals surface area (Å²) in [5.74, 6) is 1.22. The van der Waals surface area contributed by atoms with Crippen LogP contribution < -0.4 is 0 Å². The molecule has 0 aromatic heterocycles. The molecule has 17 heavy (non-hydrogen) atoms. The van der Waals surface area contributed by atoms with E-state index in [1.54, 1.807) is 21.3 Å². The Balaban J connectivity index is 2.62. The lowest BCUT2D eigenvalue weighted by molar-refractivity contribution is 0.00983. The summed E-state index contributed by atoms with van der Waals surface area (Å²) in [4.78, 5) is 0. The Morgan fingerprint density at radius 3 is 1.76 bits per heavy atom. The third-order valence-electron chi connectivity index (χ3n) is 4.05. The van der Waals surface area contributed by atoms with Crippen molar-refractivity contribution in [3.63, 3.8) is 0 Å². The van der Waals surface area contributed by atoms with Crippen molar-refractivity contribution in [2.24, 2.45) is 17.8 Å². The molecule has 0 heterocycles. The number of hydrogen-bond donors (Lipinski definition) is 1. The maximum Gasteiger partial charge on any atom is 0.500 e. The third-order valence-corrected chi connectivity index (χ3v) is 6.99. The zero-order valence-electron chi connectivity index (χ0n) is 11.6. The smallest absolute Gasteiger partial charge is 0.393 e. The molecule has 0 spiro atoms. The van der Waals surface area contributed by atoms with Crippen molar-refractivity contribution in [3.05, 3.63) is 0 Å². The zero-order chi connectivity index (χ0) is 13.1. The van der Waals surface area contributed by atoms with Gasteiger partial charge in [-0.25, -0.2) is 0 Å². The van der Waals surface area contributed by atoms with Crippen LogP contribution in [0.2, 0.25) is 6.04 Å². The minimum Gasteiger partial charge on any atom is -0.393 e. The van der Waals surface area contributed by atoms with Crippen LogP contribution in [0.4, 0.5) is 0 Å². The molecule has 1 N–H and O–H groups in total. The Kier molecular flexibility index (Phi) is 5.59. The molecule has 1 fully saturated rings.